The van der Waals surface area contributed by atoms with Gasteiger partial charge in [-0.05, 0) is 29.8 Å². The van der Waals surface area contributed by atoms with Crippen molar-refractivity contribution in [1.29, 1.82) is 0 Å². The SMILES string of the molecule is O=S(=O)(NCc1ccnc(-c2cccnc2)c1)N1CCOCC1. The van der Waals surface area contributed by atoms with Crippen LogP contribution in [0.1, 0.15) is 5.56 Å². The van der Waals surface area contributed by atoms with Crippen LogP contribution in [0.3, 0.4) is 0 Å². The fraction of sp³-hybridized carbons (Fsp3) is 0.333. The predicted octanol–water partition coefficient (Wildman–Crippen LogP) is 0.810. The van der Waals surface area contributed by atoms with Gasteiger partial charge in [0.15, 0.2) is 0 Å². The molecular weight excluding hydrogens is 316 g/mol. The molecule has 0 saturated carbocycles. The van der Waals surface area contributed by atoms with Gasteiger partial charge >= 0.3 is 0 Å². The van der Waals surface area contributed by atoms with E-state index in [0.717, 1.165) is 16.8 Å². The third-order valence-electron chi connectivity index (χ3n) is 3.55. The molecule has 0 bridgehead atoms. The number of morpholine rings is 1. The number of nitrogens with zero attached hydrogens (tertiary/aromatic N) is 3. The molecule has 0 amide bonds. The van der Waals surface area contributed by atoms with Crippen LogP contribution in [0.25, 0.3) is 11.3 Å². The summed E-state index contributed by atoms with van der Waals surface area (Å²) in [4.78, 5) is 8.37. The monoisotopic (exact) mass is 334 g/mol. The van der Waals surface area contributed by atoms with Crippen LogP contribution in [-0.4, -0.2) is 49.0 Å². The van der Waals surface area contributed by atoms with Crippen molar-refractivity contribution in [2.75, 3.05) is 26.3 Å². The van der Waals surface area contributed by atoms with Crippen LogP contribution in [0.15, 0.2) is 42.9 Å². The number of nitrogens with one attached hydrogen (secondary N) is 1. The highest BCUT2D eigenvalue weighted by atomic mass is 32.2. The van der Waals surface area contributed by atoms with E-state index >= 15 is 0 Å². The lowest BCUT2D eigenvalue weighted by molar-refractivity contribution is 0.0725. The molecule has 1 fully saturated rings. The highest BCUT2D eigenvalue weighted by Gasteiger charge is 2.23. The Hall–Kier alpha value is -1.87. The van der Waals surface area contributed by atoms with E-state index in [1.807, 2.05) is 18.2 Å². The first-order valence-corrected chi connectivity index (χ1v) is 8.77. The Bertz CT molecular complexity index is 746. The van der Waals surface area contributed by atoms with Crippen molar-refractivity contribution in [2.45, 2.75) is 6.54 Å². The van der Waals surface area contributed by atoms with Gasteiger partial charge in [-0.15, -0.1) is 0 Å². The first-order valence-electron chi connectivity index (χ1n) is 7.33. The zero-order valence-electron chi connectivity index (χ0n) is 12.6. The number of pyridine rings is 2. The van der Waals surface area contributed by atoms with Gasteiger partial charge in [0.05, 0.1) is 18.9 Å². The smallest absolute Gasteiger partial charge is 0.279 e. The molecule has 0 aliphatic carbocycles. The molecule has 8 heteroatoms. The molecule has 2 aromatic heterocycles. The normalized spacial score (nSPS) is 16.3. The second-order valence-corrected chi connectivity index (χ2v) is 6.88. The molecule has 7 nitrogen and oxygen atoms in total. The second-order valence-electron chi connectivity index (χ2n) is 5.13. The van der Waals surface area contributed by atoms with E-state index in [0.29, 0.717) is 26.3 Å². The van der Waals surface area contributed by atoms with E-state index in [1.165, 1.54) is 4.31 Å². The topological polar surface area (TPSA) is 84.4 Å². The molecule has 1 saturated heterocycles. The van der Waals surface area contributed by atoms with Gasteiger partial charge in [0.1, 0.15) is 0 Å². The molecule has 2 aromatic rings. The van der Waals surface area contributed by atoms with Gasteiger partial charge in [-0.1, -0.05) is 0 Å². The maximum Gasteiger partial charge on any atom is 0.279 e. The van der Waals surface area contributed by atoms with Crippen LogP contribution in [0, 0.1) is 0 Å². The first-order chi connectivity index (χ1) is 11.1. The lowest BCUT2D eigenvalue weighted by Crippen LogP contribution is -2.46. The highest BCUT2D eigenvalue weighted by molar-refractivity contribution is 7.87. The Labute approximate surface area is 135 Å². The number of hydrogen-bond donors (Lipinski definition) is 1. The average molecular weight is 334 g/mol. The Morgan fingerprint density at radius 2 is 2.04 bits per heavy atom. The molecule has 23 heavy (non-hydrogen) atoms. The van der Waals surface area contributed by atoms with Gasteiger partial charge in [-0.2, -0.15) is 17.4 Å². The van der Waals surface area contributed by atoms with Crippen LogP contribution in [0.4, 0.5) is 0 Å². The molecule has 1 aliphatic rings. The maximum absolute atomic E-state index is 12.2. The van der Waals surface area contributed by atoms with Crippen LogP contribution in [0.5, 0.6) is 0 Å². The maximum atomic E-state index is 12.2. The molecule has 0 spiro atoms. The molecule has 1 aliphatic heterocycles. The highest BCUT2D eigenvalue weighted by Crippen LogP contribution is 2.16. The molecular formula is C15H18N4O3S. The molecule has 1 N–H and O–H groups in total. The second kappa shape index (κ2) is 7.14. The van der Waals surface area contributed by atoms with Crippen LogP contribution in [-0.2, 0) is 21.5 Å². The summed E-state index contributed by atoms with van der Waals surface area (Å²) in [6, 6.07) is 7.41. The van der Waals surface area contributed by atoms with Gasteiger partial charge in [0.2, 0.25) is 0 Å². The summed E-state index contributed by atoms with van der Waals surface area (Å²) in [5.41, 5.74) is 2.50. The van der Waals surface area contributed by atoms with Crippen molar-refractivity contribution in [3.63, 3.8) is 0 Å². The Morgan fingerprint density at radius 3 is 2.78 bits per heavy atom. The molecule has 0 unspecified atom stereocenters. The van der Waals surface area contributed by atoms with Crippen molar-refractivity contribution < 1.29 is 13.2 Å². The number of ether oxygens (including phenoxy) is 1. The summed E-state index contributed by atoms with van der Waals surface area (Å²) >= 11 is 0. The first kappa shape index (κ1) is 16.0. The number of hydrogen-bond acceptors (Lipinski definition) is 5. The summed E-state index contributed by atoms with van der Waals surface area (Å²) in [5.74, 6) is 0. The van der Waals surface area contributed by atoms with E-state index in [9.17, 15) is 8.42 Å². The summed E-state index contributed by atoms with van der Waals surface area (Å²) in [6.45, 7) is 1.84. The van der Waals surface area contributed by atoms with Crippen molar-refractivity contribution in [3.05, 3.63) is 48.4 Å². The van der Waals surface area contributed by atoms with Gasteiger partial charge < -0.3 is 4.74 Å². The van der Waals surface area contributed by atoms with Crippen molar-refractivity contribution >= 4 is 10.2 Å². The number of rotatable bonds is 5. The van der Waals surface area contributed by atoms with Crippen molar-refractivity contribution in [1.82, 2.24) is 19.0 Å². The van der Waals surface area contributed by atoms with Gasteiger partial charge in [-0.25, -0.2) is 0 Å². The zero-order valence-corrected chi connectivity index (χ0v) is 13.4. The Balaban J connectivity index is 1.69. The minimum Gasteiger partial charge on any atom is -0.379 e. The average Bonchev–Trinajstić information content (AvgIpc) is 2.62. The van der Waals surface area contributed by atoms with Crippen LogP contribution in [0.2, 0.25) is 0 Å². The Morgan fingerprint density at radius 1 is 1.22 bits per heavy atom. The fourth-order valence-corrected chi connectivity index (χ4v) is 3.47. The summed E-state index contributed by atoms with van der Waals surface area (Å²) in [6.07, 6.45) is 5.09. The largest absolute Gasteiger partial charge is 0.379 e. The predicted molar refractivity (Wildman–Crippen MR) is 85.6 cm³/mol. The molecule has 0 aromatic carbocycles. The summed E-state index contributed by atoms with van der Waals surface area (Å²) in [5, 5.41) is 0. The van der Waals surface area contributed by atoms with E-state index < -0.39 is 10.2 Å². The zero-order chi connectivity index (χ0) is 16.1. The molecule has 122 valence electrons. The Kier molecular flexibility index (Phi) is 4.97. The van der Waals surface area contributed by atoms with E-state index in [2.05, 4.69) is 14.7 Å². The molecule has 3 rings (SSSR count). The van der Waals surface area contributed by atoms with E-state index in [-0.39, 0.29) is 6.54 Å². The summed E-state index contributed by atoms with van der Waals surface area (Å²) in [7, 11) is -3.49. The van der Waals surface area contributed by atoms with Crippen LogP contribution >= 0.6 is 0 Å². The lowest BCUT2D eigenvalue weighted by atomic mass is 10.1. The third kappa shape index (κ3) is 4.11. The van der Waals surface area contributed by atoms with E-state index in [1.54, 1.807) is 24.7 Å². The number of aromatic nitrogens is 2. The van der Waals surface area contributed by atoms with Crippen LogP contribution < -0.4 is 4.72 Å². The van der Waals surface area contributed by atoms with Crippen molar-refractivity contribution in [3.8, 4) is 11.3 Å². The lowest BCUT2D eigenvalue weighted by Gasteiger charge is -2.26. The van der Waals surface area contributed by atoms with Gasteiger partial charge in [-0.3, -0.25) is 9.97 Å². The van der Waals surface area contributed by atoms with Gasteiger partial charge in [0, 0.05) is 43.8 Å². The third-order valence-corrected chi connectivity index (χ3v) is 5.10. The molecule has 3 heterocycles. The van der Waals surface area contributed by atoms with E-state index in [4.69, 9.17) is 4.74 Å². The molecule has 0 atom stereocenters. The minimum absolute atomic E-state index is 0.218. The minimum atomic E-state index is -3.49. The fourth-order valence-electron chi connectivity index (χ4n) is 2.31. The molecule has 0 radical (unpaired) electrons. The van der Waals surface area contributed by atoms with Gasteiger partial charge in [0.25, 0.3) is 10.2 Å². The standard InChI is InChI=1S/C15H18N4O3S/c20-23(21,19-6-8-22-9-7-19)18-11-13-3-5-17-15(10-13)14-2-1-4-16-12-14/h1-5,10,12,18H,6-9,11H2. The van der Waals surface area contributed by atoms with Crippen molar-refractivity contribution in [2.24, 2.45) is 0 Å². The summed E-state index contributed by atoms with van der Waals surface area (Å²) < 4.78 is 33.7. The quantitative estimate of drug-likeness (QED) is 0.875.